The number of furan rings is 1. The van der Waals surface area contributed by atoms with Gasteiger partial charge in [-0.1, -0.05) is 30.3 Å². The van der Waals surface area contributed by atoms with Crippen molar-refractivity contribution in [3.63, 3.8) is 0 Å². The Morgan fingerprint density at radius 2 is 1.78 bits per heavy atom. The molecule has 1 amide bonds. The maximum Gasteiger partial charge on any atom is 0.337 e. The SMILES string of the molecule is COC(=O)c1ccc(C)c(-c2ccc(C=NNC(=O)c3cc4ccccc4cc3O)o2)c1. The molecule has 1 aromatic heterocycles. The number of esters is 1. The summed E-state index contributed by atoms with van der Waals surface area (Å²) in [5.74, 6) is -0.145. The third-order valence-electron chi connectivity index (χ3n) is 5.02. The zero-order valence-corrected chi connectivity index (χ0v) is 17.5. The van der Waals surface area contributed by atoms with E-state index in [0.29, 0.717) is 17.1 Å². The molecule has 4 rings (SSSR count). The molecule has 0 bridgehead atoms. The number of phenolic OH excluding ortho intramolecular Hbond substituents is 1. The van der Waals surface area contributed by atoms with Gasteiger partial charge in [0, 0.05) is 5.56 Å². The lowest BCUT2D eigenvalue weighted by Gasteiger charge is -2.06. The van der Waals surface area contributed by atoms with Crippen molar-refractivity contribution in [3.8, 4) is 17.1 Å². The number of aryl methyl sites for hydroxylation is 1. The van der Waals surface area contributed by atoms with Crippen molar-refractivity contribution in [3.05, 3.63) is 89.2 Å². The fourth-order valence-electron chi connectivity index (χ4n) is 3.32. The van der Waals surface area contributed by atoms with Gasteiger partial charge in [-0.15, -0.1) is 0 Å². The Balaban J connectivity index is 1.50. The minimum Gasteiger partial charge on any atom is -0.507 e. The molecule has 0 atom stereocenters. The number of carbonyl (C=O) groups excluding carboxylic acids is 2. The molecule has 2 N–H and O–H groups in total. The molecule has 0 saturated heterocycles. The summed E-state index contributed by atoms with van der Waals surface area (Å²) in [5.41, 5.74) is 4.61. The van der Waals surface area contributed by atoms with E-state index in [0.717, 1.165) is 21.9 Å². The van der Waals surface area contributed by atoms with E-state index in [-0.39, 0.29) is 11.3 Å². The largest absolute Gasteiger partial charge is 0.507 e. The molecule has 7 nitrogen and oxygen atoms in total. The first-order valence-corrected chi connectivity index (χ1v) is 9.80. The number of fused-ring (bicyclic) bond motifs is 1. The highest BCUT2D eigenvalue weighted by Crippen LogP contribution is 2.27. The first-order chi connectivity index (χ1) is 15.5. The second kappa shape index (κ2) is 8.77. The van der Waals surface area contributed by atoms with Crippen molar-refractivity contribution in [2.75, 3.05) is 7.11 Å². The summed E-state index contributed by atoms with van der Waals surface area (Å²) in [4.78, 5) is 24.2. The van der Waals surface area contributed by atoms with E-state index in [4.69, 9.17) is 9.15 Å². The summed E-state index contributed by atoms with van der Waals surface area (Å²) in [5, 5.41) is 15.8. The number of phenols is 1. The number of hydrogen-bond acceptors (Lipinski definition) is 6. The van der Waals surface area contributed by atoms with Gasteiger partial charge in [-0.05, 0) is 59.7 Å². The van der Waals surface area contributed by atoms with Crippen LogP contribution in [0.1, 0.15) is 32.0 Å². The quantitative estimate of drug-likeness (QED) is 0.273. The summed E-state index contributed by atoms with van der Waals surface area (Å²) in [6.07, 6.45) is 1.36. The maximum atomic E-state index is 12.4. The van der Waals surface area contributed by atoms with E-state index in [1.807, 2.05) is 37.3 Å². The number of hydrazone groups is 1. The number of amides is 1. The van der Waals surface area contributed by atoms with Crippen LogP contribution in [0.5, 0.6) is 5.75 Å². The fraction of sp³-hybridized carbons (Fsp3) is 0.0800. The van der Waals surface area contributed by atoms with Gasteiger partial charge in [-0.25, -0.2) is 10.2 Å². The molecule has 0 aliphatic rings. The molecular formula is C25H20N2O5. The number of nitrogens with zero attached hydrogens (tertiary/aromatic N) is 1. The molecule has 1 heterocycles. The van der Waals surface area contributed by atoms with Gasteiger partial charge in [0.15, 0.2) is 0 Å². The average Bonchev–Trinajstić information content (AvgIpc) is 3.27. The van der Waals surface area contributed by atoms with Gasteiger partial charge >= 0.3 is 5.97 Å². The minimum absolute atomic E-state index is 0.122. The molecule has 0 aliphatic carbocycles. The Hall–Kier alpha value is -4.39. The summed E-state index contributed by atoms with van der Waals surface area (Å²) in [6, 6.07) is 19.2. The van der Waals surface area contributed by atoms with Crippen LogP contribution in [-0.2, 0) is 4.74 Å². The van der Waals surface area contributed by atoms with Crippen LogP contribution in [0.4, 0.5) is 0 Å². The molecule has 3 aromatic carbocycles. The number of nitrogens with one attached hydrogen (secondary N) is 1. The number of aromatic hydroxyl groups is 1. The monoisotopic (exact) mass is 428 g/mol. The molecule has 160 valence electrons. The van der Waals surface area contributed by atoms with Gasteiger partial charge in [-0.2, -0.15) is 5.10 Å². The number of ether oxygens (including phenoxy) is 1. The first-order valence-electron chi connectivity index (χ1n) is 9.80. The Morgan fingerprint density at radius 3 is 2.53 bits per heavy atom. The van der Waals surface area contributed by atoms with E-state index < -0.39 is 11.9 Å². The number of rotatable bonds is 5. The lowest BCUT2D eigenvalue weighted by molar-refractivity contribution is 0.0600. The Kier molecular flexibility index (Phi) is 5.72. The number of benzene rings is 3. The summed E-state index contributed by atoms with van der Waals surface area (Å²) < 4.78 is 10.6. The zero-order valence-electron chi connectivity index (χ0n) is 17.5. The molecule has 0 radical (unpaired) electrons. The first kappa shape index (κ1) is 20.9. The zero-order chi connectivity index (χ0) is 22.7. The lowest BCUT2D eigenvalue weighted by atomic mass is 10.0. The predicted molar refractivity (Wildman–Crippen MR) is 121 cm³/mol. The molecule has 0 aliphatic heterocycles. The minimum atomic E-state index is -0.544. The summed E-state index contributed by atoms with van der Waals surface area (Å²) in [7, 11) is 1.33. The smallest absolute Gasteiger partial charge is 0.337 e. The lowest BCUT2D eigenvalue weighted by Crippen LogP contribution is -2.17. The molecular weight excluding hydrogens is 408 g/mol. The summed E-state index contributed by atoms with van der Waals surface area (Å²) >= 11 is 0. The van der Waals surface area contributed by atoms with Gasteiger partial charge in [-0.3, -0.25) is 4.79 Å². The van der Waals surface area contributed by atoms with Crippen LogP contribution in [0.25, 0.3) is 22.1 Å². The molecule has 0 saturated carbocycles. The van der Waals surface area contributed by atoms with Crippen molar-refractivity contribution in [1.82, 2.24) is 5.43 Å². The highest BCUT2D eigenvalue weighted by Gasteiger charge is 2.13. The number of methoxy groups -OCH3 is 1. The van der Waals surface area contributed by atoms with E-state index in [9.17, 15) is 14.7 Å². The Labute approximate surface area is 183 Å². The maximum absolute atomic E-state index is 12.4. The highest BCUT2D eigenvalue weighted by molar-refractivity contribution is 6.01. The third kappa shape index (κ3) is 4.22. The number of hydrogen-bond donors (Lipinski definition) is 2. The molecule has 0 unspecified atom stereocenters. The average molecular weight is 428 g/mol. The standard InChI is InChI=1S/C25H20N2O5/c1-15-7-8-18(25(30)31-2)12-20(15)23-10-9-19(32-23)14-26-27-24(29)21-11-16-5-3-4-6-17(16)13-22(21)28/h3-14,28H,1-2H3,(H,27,29). The van der Waals surface area contributed by atoms with Gasteiger partial charge in [0.1, 0.15) is 17.3 Å². The molecule has 0 fully saturated rings. The van der Waals surface area contributed by atoms with Crippen molar-refractivity contribution in [1.29, 1.82) is 0 Å². The van der Waals surface area contributed by atoms with Gasteiger partial charge < -0.3 is 14.3 Å². The van der Waals surface area contributed by atoms with Crippen LogP contribution < -0.4 is 5.43 Å². The molecule has 4 aromatic rings. The Bertz CT molecular complexity index is 1350. The molecule has 0 spiro atoms. The number of carbonyl (C=O) groups is 2. The Morgan fingerprint density at radius 1 is 1.03 bits per heavy atom. The van der Waals surface area contributed by atoms with Crippen molar-refractivity contribution >= 4 is 28.9 Å². The third-order valence-corrected chi connectivity index (χ3v) is 5.02. The van der Waals surface area contributed by atoms with Crippen molar-refractivity contribution in [2.24, 2.45) is 5.10 Å². The normalized spacial score (nSPS) is 11.1. The summed E-state index contributed by atoms with van der Waals surface area (Å²) in [6.45, 7) is 1.91. The topological polar surface area (TPSA) is 101 Å². The van der Waals surface area contributed by atoms with E-state index in [1.54, 1.807) is 30.3 Å². The fourth-order valence-corrected chi connectivity index (χ4v) is 3.32. The van der Waals surface area contributed by atoms with E-state index >= 15 is 0 Å². The van der Waals surface area contributed by atoms with E-state index in [2.05, 4.69) is 10.5 Å². The van der Waals surface area contributed by atoms with Crippen LogP contribution in [-0.4, -0.2) is 30.3 Å². The second-order valence-electron chi connectivity index (χ2n) is 7.14. The van der Waals surface area contributed by atoms with Gasteiger partial charge in [0.25, 0.3) is 5.91 Å². The molecule has 7 heteroatoms. The van der Waals surface area contributed by atoms with Gasteiger partial charge in [0.05, 0.1) is 24.5 Å². The van der Waals surface area contributed by atoms with Crippen molar-refractivity contribution in [2.45, 2.75) is 6.92 Å². The van der Waals surface area contributed by atoms with E-state index in [1.165, 1.54) is 19.4 Å². The highest BCUT2D eigenvalue weighted by atomic mass is 16.5. The van der Waals surface area contributed by atoms with Crippen LogP contribution in [0.15, 0.2) is 76.2 Å². The van der Waals surface area contributed by atoms with Crippen LogP contribution in [0, 0.1) is 6.92 Å². The van der Waals surface area contributed by atoms with Crippen LogP contribution in [0.2, 0.25) is 0 Å². The molecule has 32 heavy (non-hydrogen) atoms. The van der Waals surface area contributed by atoms with Gasteiger partial charge in [0.2, 0.25) is 0 Å². The predicted octanol–water partition coefficient (Wildman–Crippen LogP) is 4.66. The van der Waals surface area contributed by atoms with Crippen LogP contribution in [0.3, 0.4) is 0 Å². The van der Waals surface area contributed by atoms with Crippen LogP contribution >= 0.6 is 0 Å². The second-order valence-corrected chi connectivity index (χ2v) is 7.14. The van der Waals surface area contributed by atoms with Crippen molar-refractivity contribution < 1.29 is 23.8 Å².